The van der Waals surface area contributed by atoms with Gasteiger partial charge in [0.05, 0.1) is 34.5 Å². The van der Waals surface area contributed by atoms with Crippen molar-refractivity contribution in [3.63, 3.8) is 0 Å². The fourth-order valence-corrected chi connectivity index (χ4v) is 6.91. The van der Waals surface area contributed by atoms with Crippen LogP contribution in [0, 0.1) is 0 Å². The minimum atomic E-state index is -0.865. The molecule has 3 unspecified atom stereocenters. The molecule has 0 aromatic rings. The lowest BCUT2D eigenvalue weighted by Gasteiger charge is -2.47. The lowest BCUT2D eigenvalue weighted by Crippen LogP contribution is -2.43. The minimum absolute atomic E-state index is 0. The van der Waals surface area contributed by atoms with E-state index in [-0.39, 0.29) is 5.48 Å². The Labute approximate surface area is 137 Å². The Morgan fingerprint density at radius 2 is 1.64 bits per heavy atom. The van der Waals surface area contributed by atoms with E-state index >= 15 is 0 Å². The average Bonchev–Trinajstić information content (AvgIpc) is 3.29. The largest absolute Gasteiger partial charge is 0.412 e. The van der Waals surface area contributed by atoms with Crippen LogP contribution in [0.25, 0.3) is 0 Å². The van der Waals surface area contributed by atoms with Crippen LogP contribution in [0.3, 0.4) is 0 Å². The van der Waals surface area contributed by atoms with Crippen LogP contribution in [-0.2, 0) is 14.2 Å². The molecule has 0 bridgehead atoms. The van der Waals surface area contributed by atoms with E-state index in [9.17, 15) is 0 Å². The second-order valence-electron chi connectivity index (χ2n) is 7.85. The monoisotopic (exact) mass is 332 g/mol. The molecule has 5 heteroatoms. The summed E-state index contributed by atoms with van der Waals surface area (Å²) in [5.41, 5.74) is 0. The molecule has 0 saturated carbocycles. The van der Waals surface area contributed by atoms with Gasteiger partial charge in [0.2, 0.25) is 0 Å². The first kappa shape index (κ1) is 20.1. The fourth-order valence-electron chi connectivity index (χ4n) is 3.40. The van der Waals surface area contributed by atoms with E-state index in [0.717, 1.165) is 31.5 Å². The van der Waals surface area contributed by atoms with Gasteiger partial charge >= 0.3 is 0 Å². The third kappa shape index (κ3) is 6.28. The summed E-state index contributed by atoms with van der Waals surface area (Å²) in [6, 6.07) is 1.57. The van der Waals surface area contributed by atoms with Crippen LogP contribution >= 0.6 is 0 Å². The molecule has 0 aromatic carbocycles. The number of rotatable bonds is 6. The van der Waals surface area contributed by atoms with Gasteiger partial charge in [-0.3, -0.25) is 0 Å². The molecule has 3 heterocycles. The highest BCUT2D eigenvalue weighted by molar-refractivity contribution is 6.80. The molecule has 3 aliphatic heterocycles. The molecule has 0 aromatic heterocycles. The van der Waals surface area contributed by atoms with E-state index in [1.807, 2.05) is 0 Å². The van der Waals surface area contributed by atoms with E-state index in [1.54, 1.807) is 6.04 Å². The number of hydrogen-bond acceptors (Lipinski definition) is 3. The molecule has 0 aliphatic carbocycles. The van der Waals surface area contributed by atoms with Crippen molar-refractivity contribution < 1.29 is 19.7 Å². The molecule has 3 atom stereocenters. The van der Waals surface area contributed by atoms with Gasteiger partial charge in [-0.1, -0.05) is 65.1 Å². The average molecular weight is 333 g/mol. The van der Waals surface area contributed by atoms with Crippen molar-refractivity contribution in [3.05, 3.63) is 0 Å². The minimum Gasteiger partial charge on any atom is -0.412 e. The highest BCUT2D eigenvalue weighted by Crippen LogP contribution is 2.52. The Balaban J connectivity index is 0.000000217. The van der Waals surface area contributed by atoms with Crippen molar-refractivity contribution in [1.29, 1.82) is 0 Å². The first-order chi connectivity index (χ1) is 9.97. The van der Waals surface area contributed by atoms with Gasteiger partial charge in [-0.25, -0.2) is 0 Å². The molecule has 0 amide bonds. The predicted octanol–water partition coefficient (Wildman–Crippen LogP) is 3.42. The maximum Gasteiger partial charge on any atom is 0.104 e. The lowest BCUT2D eigenvalue weighted by atomic mass is 9.97. The highest BCUT2D eigenvalue weighted by atomic mass is 28.3. The zero-order chi connectivity index (χ0) is 15.3. The number of epoxide rings is 2. The molecule has 22 heavy (non-hydrogen) atoms. The van der Waals surface area contributed by atoms with E-state index in [1.165, 1.54) is 32.1 Å². The molecular weight excluding hydrogens is 296 g/mol. The van der Waals surface area contributed by atoms with E-state index < -0.39 is 8.07 Å². The summed E-state index contributed by atoms with van der Waals surface area (Å²) >= 11 is 0. The van der Waals surface area contributed by atoms with Crippen molar-refractivity contribution in [3.8, 4) is 0 Å². The van der Waals surface area contributed by atoms with Gasteiger partial charge in [0.15, 0.2) is 0 Å². The van der Waals surface area contributed by atoms with Crippen LogP contribution < -0.4 is 0 Å². The van der Waals surface area contributed by atoms with E-state index in [2.05, 4.69) is 26.9 Å². The molecule has 3 rings (SSSR count). The summed E-state index contributed by atoms with van der Waals surface area (Å²) in [5, 5.41) is 0.764. The zero-order valence-electron chi connectivity index (χ0n) is 15.0. The SMILES string of the molecule is C(OCC1CO1)C1CO1.CCCC1(C)CCCC[Si]1(C)C.O. The van der Waals surface area contributed by atoms with Gasteiger partial charge < -0.3 is 19.7 Å². The Hall–Kier alpha value is 0.0569. The van der Waals surface area contributed by atoms with Crippen molar-refractivity contribution in [2.75, 3.05) is 26.4 Å². The number of hydrogen-bond donors (Lipinski definition) is 0. The summed E-state index contributed by atoms with van der Waals surface area (Å²) in [5.74, 6) is 0. The Morgan fingerprint density at radius 1 is 1.09 bits per heavy atom. The molecule has 3 saturated heterocycles. The summed E-state index contributed by atoms with van der Waals surface area (Å²) < 4.78 is 15.1. The van der Waals surface area contributed by atoms with E-state index in [0.29, 0.717) is 12.2 Å². The molecule has 132 valence electrons. The first-order valence-electron chi connectivity index (χ1n) is 8.78. The van der Waals surface area contributed by atoms with Crippen LogP contribution in [0.4, 0.5) is 0 Å². The van der Waals surface area contributed by atoms with Gasteiger partial charge in [0.1, 0.15) is 12.2 Å². The maximum absolute atomic E-state index is 5.23. The Kier molecular flexibility index (Phi) is 8.02. The second-order valence-corrected chi connectivity index (χ2v) is 13.3. The molecule has 0 spiro atoms. The summed E-state index contributed by atoms with van der Waals surface area (Å²) in [6.45, 7) is 13.4. The van der Waals surface area contributed by atoms with Crippen molar-refractivity contribution in [2.45, 2.75) is 82.3 Å². The van der Waals surface area contributed by atoms with Crippen LogP contribution in [0.15, 0.2) is 0 Å². The predicted molar refractivity (Wildman–Crippen MR) is 93.3 cm³/mol. The quantitative estimate of drug-likeness (QED) is 0.553. The van der Waals surface area contributed by atoms with Gasteiger partial charge in [-0.05, 0) is 5.04 Å². The van der Waals surface area contributed by atoms with Crippen LogP contribution in [-0.4, -0.2) is 52.2 Å². The Morgan fingerprint density at radius 3 is 2.05 bits per heavy atom. The van der Waals surface area contributed by atoms with Crippen LogP contribution in [0.2, 0.25) is 24.2 Å². The van der Waals surface area contributed by atoms with Gasteiger partial charge in [-0.2, -0.15) is 0 Å². The Bertz CT molecular complexity index is 300. The molecule has 3 fully saturated rings. The molecule has 2 N–H and O–H groups in total. The summed E-state index contributed by atoms with van der Waals surface area (Å²) in [4.78, 5) is 0. The van der Waals surface area contributed by atoms with Crippen LogP contribution in [0.5, 0.6) is 0 Å². The highest BCUT2D eigenvalue weighted by Gasteiger charge is 2.43. The van der Waals surface area contributed by atoms with Crippen molar-refractivity contribution in [1.82, 2.24) is 0 Å². The molecule has 3 aliphatic rings. The van der Waals surface area contributed by atoms with Crippen LogP contribution in [0.1, 0.15) is 46.0 Å². The standard InChI is InChI=1S/C11H24Si.C6H10O3.H2O/c1-5-8-11(2)9-6-7-10-12(11,3)4;1(5-3-8-5)7-2-6-4-9-6;/h5-10H2,1-4H3;5-6H,1-4H2;1H2. The second kappa shape index (κ2) is 8.78. The maximum atomic E-state index is 5.23. The normalized spacial score (nSPS) is 34.9. The third-order valence-corrected chi connectivity index (χ3v) is 11.0. The fraction of sp³-hybridized carbons (Fsp3) is 1.00. The van der Waals surface area contributed by atoms with Gasteiger partial charge in [0, 0.05) is 0 Å². The zero-order valence-corrected chi connectivity index (χ0v) is 16.0. The van der Waals surface area contributed by atoms with E-state index in [4.69, 9.17) is 14.2 Å². The smallest absolute Gasteiger partial charge is 0.104 e. The van der Waals surface area contributed by atoms with Gasteiger partial charge in [0.25, 0.3) is 0 Å². The van der Waals surface area contributed by atoms with Gasteiger partial charge in [-0.15, -0.1) is 0 Å². The first-order valence-corrected chi connectivity index (χ1v) is 12.0. The topological polar surface area (TPSA) is 65.8 Å². The molecule has 0 radical (unpaired) electrons. The van der Waals surface area contributed by atoms with Crippen molar-refractivity contribution in [2.24, 2.45) is 0 Å². The molecule has 4 nitrogen and oxygen atoms in total. The lowest BCUT2D eigenvalue weighted by molar-refractivity contribution is 0.102. The summed E-state index contributed by atoms with van der Waals surface area (Å²) in [6.07, 6.45) is 8.16. The number of ether oxygens (including phenoxy) is 3. The third-order valence-electron chi connectivity index (χ3n) is 5.63. The molecular formula is C17H36O4Si. The summed E-state index contributed by atoms with van der Waals surface area (Å²) in [7, 11) is -0.865. The van der Waals surface area contributed by atoms with Crippen molar-refractivity contribution >= 4 is 8.07 Å².